The molecule has 2 heteroatoms. The molecule has 2 aromatic rings. The van der Waals surface area contributed by atoms with Crippen molar-refractivity contribution in [2.75, 3.05) is 0 Å². The molecule has 94 valence electrons. The first-order valence-corrected chi connectivity index (χ1v) is 6.26. The predicted molar refractivity (Wildman–Crippen MR) is 77.4 cm³/mol. The zero-order chi connectivity index (χ0) is 13.2. The van der Waals surface area contributed by atoms with Gasteiger partial charge < -0.3 is 9.88 Å². The van der Waals surface area contributed by atoms with E-state index in [1.54, 1.807) is 0 Å². The highest BCUT2D eigenvalue weighted by molar-refractivity contribution is 5.83. The molecular formula is C16H20N2. The highest BCUT2D eigenvalue weighted by Crippen LogP contribution is 2.20. The molecule has 0 spiro atoms. The maximum Gasteiger partial charge on any atom is 0.0835 e. The van der Waals surface area contributed by atoms with E-state index in [1.807, 2.05) is 0 Å². The third kappa shape index (κ3) is 2.75. The Labute approximate surface area is 109 Å². The molecule has 18 heavy (non-hydrogen) atoms. The van der Waals surface area contributed by atoms with E-state index in [9.17, 15) is 0 Å². The topological polar surface area (TPSA) is 17.0 Å². The van der Waals surface area contributed by atoms with Crippen LogP contribution in [0.15, 0.2) is 30.5 Å². The quantitative estimate of drug-likeness (QED) is 0.815. The molecule has 0 fully saturated rings. The van der Waals surface area contributed by atoms with Crippen LogP contribution >= 0.6 is 0 Å². The van der Waals surface area contributed by atoms with E-state index in [1.165, 1.54) is 16.5 Å². The molecule has 0 saturated heterocycles. The molecule has 0 radical (unpaired) electrons. The molecule has 1 aromatic heterocycles. The number of nitrogens with one attached hydrogen (secondary N) is 1. The van der Waals surface area contributed by atoms with Crippen LogP contribution in [0.1, 0.15) is 26.3 Å². The monoisotopic (exact) mass is 240 g/mol. The molecule has 1 N–H and O–H groups in total. The predicted octanol–water partition coefficient (Wildman–Crippen LogP) is 3.16. The molecule has 0 atom stereocenters. The summed E-state index contributed by atoms with van der Waals surface area (Å²) < 4.78 is 2.13. The lowest BCUT2D eigenvalue weighted by Gasteiger charge is -2.21. The molecular weight excluding hydrogens is 220 g/mol. The standard InChI is InChI=1S/C16H20N2/c1-5-10-18-11-9-13-7-6-8-14(15(13)18)12-17-16(2,3)4/h1,6-9,11,17H,10,12H2,2-4H3. The summed E-state index contributed by atoms with van der Waals surface area (Å²) in [6, 6.07) is 8.51. The van der Waals surface area contributed by atoms with Crippen molar-refractivity contribution in [3.63, 3.8) is 0 Å². The molecule has 2 rings (SSSR count). The fourth-order valence-electron chi connectivity index (χ4n) is 2.07. The third-order valence-electron chi connectivity index (χ3n) is 2.94. The lowest BCUT2D eigenvalue weighted by atomic mass is 10.1. The van der Waals surface area contributed by atoms with Gasteiger partial charge in [-0.15, -0.1) is 6.42 Å². The summed E-state index contributed by atoms with van der Waals surface area (Å²) in [4.78, 5) is 0. The molecule has 2 nitrogen and oxygen atoms in total. The van der Waals surface area contributed by atoms with Crippen LogP contribution in [0.3, 0.4) is 0 Å². The minimum absolute atomic E-state index is 0.117. The van der Waals surface area contributed by atoms with Gasteiger partial charge in [-0.25, -0.2) is 0 Å². The summed E-state index contributed by atoms with van der Waals surface area (Å²) in [6.45, 7) is 8.00. The third-order valence-corrected chi connectivity index (χ3v) is 2.94. The minimum atomic E-state index is 0.117. The highest BCUT2D eigenvalue weighted by atomic mass is 15.0. The minimum Gasteiger partial charge on any atom is -0.336 e. The van der Waals surface area contributed by atoms with Crippen LogP contribution < -0.4 is 5.32 Å². The van der Waals surface area contributed by atoms with Gasteiger partial charge in [0.1, 0.15) is 0 Å². The molecule has 1 heterocycles. The molecule has 0 unspecified atom stereocenters. The fraction of sp³-hybridized carbons (Fsp3) is 0.375. The smallest absolute Gasteiger partial charge is 0.0835 e. The van der Waals surface area contributed by atoms with Gasteiger partial charge in [0, 0.05) is 18.3 Å². The Balaban J connectivity index is 2.37. The second-order valence-corrected chi connectivity index (χ2v) is 5.61. The van der Waals surface area contributed by atoms with Gasteiger partial charge in [0.25, 0.3) is 0 Å². The van der Waals surface area contributed by atoms with Crippen LogP contribution in [0.25, 0.3) is 10.9 Å². The van der Waals surface area contributed by atoms with Gasteiger partial charge in [-0.05, 0) is 37.8 Å². The van der Waals surface area contributed by atoms with Crippen LogP contribution in [-0.4, -0.2) is 10.1 Å². The zero-order valence-electron chi connectivity index (χ0n) is 11.3. The molecule has 1 aromatic carbocycles. The fourth-order valence-corrected chi connectivity index (χ4v) is 2.07. The van der Waals surface area contributed by atoms with Crippen LogP contribution in [0, 0.1) is 12.3 Å². The van der Waals surface area contributed by atoms with Crippen LogP contribution in [-0.2, 0) is 13.1 Å². The Bertz CT molecular complexity index is 579. The van der Waals surface area contributed by atoms with E-state index in [4.69, 9.17) is 6.42 Å². The Morgan fingerprint density at radius 1 is 1.28 bits per heavy atom. The maximum atomic E-state index is 5.42. The number of hydrogen-bond acceptors (Lipinski definition) is 1. The zero-order valence-corrected chi connectivity index (χ0v) is 11.3. The summed E-state index contributed by atoms with van der Waals surface area (Å²) in [5, 5.41) is 4.77. The average molecular weight is 240 g/mol. The van der Waals surface area contributed by atoms with Gasteiger partial charge >= 0.3 is 0 Å². The first-order chi connectivity index (χ1) is 8.51. The summed E-state index contributed by atoms with van der Waals surface area (Å²) in [5.41, 5.74) is 2.65. The number of benzene rings is 1. The second kappa shape index (κ2) is 4.88. The normalized spacial score (nSPS) is 11.7. The van der Waals surface area contributed by atoms with Crippen molar-refractivity contribution < 1.29 is 0 Å². The molecule has 0 amide bonds. The van der Waals surface area contributed by atoms with Gasteiger partial charge in [0.05, 0.1) is 12.1 Å². The first kappa shape index (κ1) is 12.7. The molecule has 0 aliphatic carbocycles. The van der Waals surface area contributed by atoms with E-state index in [-0.39, 0.29) is 5.54 Å². The van der Waals surface area contributed by atoms with E-state index < -0.39 is 0 Å². The SMILES string of the molecule is C#CCn1ccc2cccc(CNC(C)(C)C)c21. The lowest BCUT2D eigenvalue weighted by Crippen LogP contribution is -2.35. The lowest BCUT2D eigenvalue weighted by molar-refractivity contribution is 0.425. The van der Waals surface area contributed by atoms with E-state index >= 15 is 0 Å². The van der Waals surface area contributed by atoms with Crippen LogP contribution in [0.2, 0.25) is 0 Å². The average Bonchev–Trinajstić information content (AvgIpc) is 2.70. The number of nitrogens with zero attached hydrogens (tertiary/aromatic N) is 1. The van der Waals surface area contributed by atoms with E-state index in [0.29, 0.717) is 6.54 Å². The van der Waals surface area contributed by atoms with Crippen LogP contribution in [0.5, 0.6) is 0 Å². The van der Waals surface area contributed by atoms with Crippen molar-refractivity contribution in [2.45, 2.75) is 39.4 Å². The van der Waals surface area contributed by atoms with Crippen molar-refractivity contribution in [3.05, 3.63) is 36.0 Å². The Morgan fingerprint density at radius 3 is 2.72 bits per heavy atom. The van der Waals surface area contributed by atoms with Gasteiger partial charge in [-0.2, -0.15) is 0 Å². The number of rotatable bonds is 3. The van der Waals surface area contributed by atoms with Crippen LogP contribution in [0.4, 0.5) is 0 Å². The van der Waals surface area contributed by atoms with Crippen molar-refractivity contribution in [1.29, 1.82) is 0 Å². The number of hydrogen-bond donors (Lipinski definition) is 1. The van der Waals surface area contributed by atoms with Gasteiger partial charge in [0.2, 0.25) is 0 Å². The van der Waals surface area contributed by atoms with E-state index in [2.05, 4.69) is 67.0 Å². The number of fused-ring (bicyclic) bond motifs is 1. The van der Waals surface area contributed by atoms with Gasteiger partial charge in [-0.3, -0.25) is 0 Å². The second-order valence-electron chi connectivity index (χ2n) is 5.61. The largest absolute Gasteiger partial charge is 0.336 e. The number of aromatic nitrogens is 1. The molecule has 0 aliphatic heterocycles. The molecule has 0 saturated carbocycles. The molecule has 0 bridgehead atoms. The van der Waals surface area contributed by atoms with Crippen molar-refractivity contribution in [2.24, 2.45) is 0 Å². The highest BCUT2D eigenvalue weighted by Gasteiger charge is 2.11. The van der Waals surface area contributed by atoms with Gasteiger partial charge in [0.15, 0.2) is 0 Å². The van der Waals surface area contributed by atoms with E-state index in [0.717, 1.165) is 6.54 Å². The summed E-state index contributed by atoms with van der Waals surface area (Å²) in [6.07, 6.45) is 7.48. The summed E-state index contributed by atoms with van der Waals surface area (Å²) >= 11 is 0. The number of terminal acetylenes is 1. The molecule has 0 aliphatic rings. The van der Waals surface area contributed by atoms with Crippen molar-refractivity contribution >= 4 is 10.9 Å². The Kier molecular flexibility index (Phi) is 3.45. The summed E-state index contributed by atoms with van der Waals surface area (Å²) in [7, 11) is 0. The van der Waals surface area contributed by atoms with Crippen molar-refractivity contribution in [1.82, 2.24) is 9.88 Å². The first-order valence-electron chi connectivity index (χ1n) is 6.26. The number of para-hydroxylation sites is 1. The van der Waals surface area contributed by atoms with Gasteiger partial charge in [-0.1, -0.05) is 24.1 Å². The Morgan fingerprint density at radius 2 is 2.06 bits per heavy atom. The Hall–Kier alpha value is -1.72. The van der Waals surface area contributed by atoms with Crippen molar-refractivity contribution in [3.8, 4) is 12.3 Å². The maximum absolute atomic E-state index is 5.42. The summed E-state index contributed by atoms with van der Waals surface area (Å²) in [5.74, 6) is 2.70.